The van der Waals surface area contributed by atoms with Crippen LogP contribution in [-0.4, -0.2) is 49.2 Å². The van der Waals surface area contributed by atoms with Gasteiger partial charge in [-0.3, -0.25) is 4.79 Å². The average Bonchev–Trinajstić information content (AvgIpc) is 2.95. The second-order valence-corrected chi connectivity index (χ2v) is 8.11. The molecule has 1 saturated carbocycles. The van der Waals surface area contributed by atoms with Gasteiger partial charge in [0.2, 0.25) is 5.91 Å². The second kappa shape index (κ2) is 8.15. The topological polar surface area (TPSA) is 59.0 Å². The number of hydrogen-bond acceptors (Lipinski definition) is 4. The molecule has 1 amide bonds. The number of carbonyl (C=O) groups excluding carboxylic acids is 1. The van der Waals surface area contributed by atoms with E-state index in [1.54, 1.807) is 0 Å². The van der Waals surface area contributed by atoms with E-state index in [0.717, 1.165) is 17.9 Å². The van der Waals surface area contributed by atoms with Crippen molar-refractivity contribution in [3.8, 4) is 5.75 Å². The highest BCUT2D eigenvalue weighted by Gasteiger charge is 2.51. The molecule has 1 aromatic rings. The van der Waals surface area contributed by atoms with Crippen LogP contribution < -0.4 is 9.64 Å². The number of anilines is 1. The van der Waals surface area contributed by atoms with Gasteiger partial charge in [-0.2, -0.15) is 0 Å². The SMILES string of the molecule is CC(C)Oc1ccc(N2CC[C@]3(CC[C@@](O)(COCCF)CC3)C2=O)cc1. The molecule has 0 radical (unpaired) electrons. The summed E-state index contributed by atoms with van der Waals surface area (Å²) in [6, 6.07) is 7.65. The van der Waals surface area contributed by atoms with Crippen molar-refractivity contribution >= 4 is 11.6 Å². The average molecular weight is 379 g/mol. The van der Waals surface area contributed by atoms with Crippen LogP contribution in [0, 0.1) is 5.41 Å². The van der Waals surface area contributed by atoms with Crippen molar-refractivity contribution in [2.45, 2.75) is 57.7 Å². The standard InChI is InChI=1S/C21H30FNO4/c1-16(2)27-18-5-3-17(4-6-18)23-13-11-20(19(23)24)7-9-21(25,10-8-20)15-26-14-12-22/h3-6,16,25H,7-15H2,1-2H3/t20-,21+. The monoisotopic (exact) mass is 379 g/mol. The van der Waals surface area contributed by atoms with Crippen LogP contribution in [0.25, 0.3) is 0 Å². The second-order valence-electron chi connectivity index (χ2n) is 8.11. The molecular formula is C21H30FNO4. The first kappa shape index (κ1) is 20.1. The summed E-state index contributed by atoms with van der Waals surface area (Å²) in [5.74, 6) is 0.942. The van der Waals surface area contributed by atoms with Crippen LogP contribution in [0.3, 0.4) is 0 Å². The Morgan fingerprint density at radius 2 is 1.81 bits per heavy atom. The van der Waals surface area contributed by atoms with Crippen LogP contribution >= 0.6 is 0 Å². The van der Waals surface area contributed by atoms with Gasteiger partial charge < -0.3 is 19.5 Å². The first-order valence-electron chi connectivity index (χ1n) is 9.82. The van der Waals surface area contributed by atoms with E-state index in [2.05, 4.69) is 0 Å². The fourth-order valence-electron chi connectivity index (χ4n) is 4.16. The largest absolute Gasteiger partial charge is 0.491 e. The number of carbonyl (C=O) groups is 1. The predicted molar refractivity (Wildman–Crippen MR) is 102 cm³/mol. The first-order chi connectivity index (χ1) is 12.9. The van der Waals surface area contributed by atoms with Gasteiger partial charge in [0.25, 0.3) is 0 Å². The molecule has 2 aliphatic rings. The van der Waals surface area contributed by atoms with E-state index in [0.29, 0.717) is 32.2 Å². The van der Waals surface area contributed by atoms with Crippen molar-refractivity contribution < 1.29 is 23.8 Å². The fourth-order valence-corrected chi connectivity index (χ4v) is 4.16. The quantitative estimate of drug-likeness (QED) is 0.737. The Labute approximate surface area is 160 Å². The summed E-state index contributed by atoms with van der Waals surface area (Å²) in [6.45, 7) is 4.26. The van der Waals surface area contributed by atoms with Gasteiger partial charge in [0.15, 0.2) is 0 Å². The molecule has 0 atom stereocenters. The van der Waals surface area contributed by atoms with Crippen molar-refractivity contribution in [2.75, 3.05) is 31.3 Å². The zero-order valence-corrected chi connectivity index (χ0v) is 16.2. The lowest BCUT2D eigenvalue weighted by molar-refractivity contribution is -0.134. The maximum absolute atomic E-state index is 13.1. The smallest absolute Gasteiger partial charge is 0.233 e. The molecule has 1 aliphatic heterocycles. The van der Waals surface area contributed by atoms with Crippen LogP contribution in [0.4, 0.5) is 10.1 Å². The minimum absolute atomic E-state index is 0.0106. The number of halogens is 1. The minimum Gasteiger partial charge on any atom is -0.491 e. The lowest BCUT2D eigenvalue weighted by atomic mass is 9.68. The van der Waals surface area contributed by atoms with Gasteiger partial charge in [-0.05, 0) is 70.2 Å². The zero-order valence-electron chi connectivity index (χ0n) is 16.2. The molecule has 1 aliphatic carbocycles. The van der Waals surface area contributed by atoms with Gasteiger partial charge in [0, 0.05) is 12.2 Å². The molecule has 0 bridgehead atoms. The first-order valence-corrected chi connectivity index (χ1v) is 9.82. The molecule has 150 valence electrons. The van der Waals surface area contributed by atoms with Crippen LogP contribution in [-0.2, 0) is 9.53 Å². The van der Waals surface area contributed by atoms with Gasteiger partial charge in [0.1, 0.15) is 12.4 Å². The summed E-state index contributed by atoms with van der Waals surface area (Å²) in [4.78, 5) is 15.0. The molecule has 1 spiro atoms. The van der Waals surface area contributed by atoms with Crippen LogP contribution in [0.15, 0.2) is 24.3 Å². The van der Waals surface area contributed by atoms with E-state index >= 15 is 0 Å². The lowest BCUT2D eigenvalue weighted by Gasteiger charge is -2.40. The van der Waals surface area contributed by atoms with Crippen LogP contribution in [0.2, 0.25) is 0 Å². The van der Waals surface area contributed by atoms with Gasteiger partial charge in [-0.25, -0.2) is 4.39 Å². The predicted octanol–water partition coefficient (Wildman–Crippen LogP) is 3.49. The highest BCUT2D eigenvalue weighted by atomic mass is 19.1. The number of ether oxygens (including phenoxy) is 2. The molecule has 6 heteroatoms. The third kappa shape index (κ3) is 4.43. The summed E-state index contributed by atoms with van der Waals surface area (Å²) in [6.07, 6.45) is 3.23. The highest BCUT2D eigenvalue weighted by Crippen LogP contribution is 2.48. The zero-order chi connectivity index (χ0) is 19.5. The van der Waals surface area contributed by atoms with E-state index in [-0.39, 0.29) is 30.6 Å². The number of rotatable bonds is 7. The molecule has 2 fully saturated rings. The minimum atomic E-state index is -0.941. The number of benzene rings is 1. The molecule has 0 aromatic heterocycles. The van der Waals surface area contributed by atoms with Crippen molar-refractivity contribution in [2.24, 2.45) is 5.41 Å². The summed E-state index contributed by atoms with van der Waals surface area (Å²) >= 11 is 0. The van der Waals surface area contributed by atoms with Crippen molar-refractivity contribution in [1.29, 1.82) is 0 Å². The lowest BCUT2D eigenvalue weighted by Crippen LogP contribution is -2.45. The van der Waals surface area contributed by atoms with E-state index in [1.807, 2.05) is 43.0 Å². The molecule has 5 nitrogen and oxygen atoms in total. The van der Waals surface area contributed by atoms with E-state index in [9.17, 15) is 14.3 Å². The molecular weight excluding hydrogens is 349 g/mol. The Hall–Kier alpha value is -1.66. The highest BCUT2D eigenvalue weighted by molar-refractivity contribution is 6.00. The van der Waals surface area contributed by atoms with Crippen molar-refractivity contribution in [1.82, 2.24) is 0 Å². The number of nitrogens with zero attached hydrogens (tertiary/aromatic N) is 1. The molecule has 1 N–H and O–H groups in total. The van der Waals surface area contributed by atoms with Crippen molar-refractivity contribution in [3.63, 3.8) is 0 Å². The molecule has 3 rings (SSSR count). The molecule has 27 heavy (non-hydrogen) atoms. The Kier molecular flexibility index (Phi) is 6.06. The summed E-state index contributed by atoms with van der Waals surface area (Å²) in [5, 5.41) is 10.6. The fraction of sp³-hybridized carbons (Fsp3) is 0.667. The Balaban J connectivity index is 1.62. The number of hydrogen-bond donors (Lipinski definition) is 1. The van der Waals surface area contributed by atoms with Crippen LogP contribution in [0.5, 0.6) is 5.75 Å². The number of amides is 1. The van der Waals surface area contributed by atoms with E-state index in [4.69, 9.17) is 9.47 Å². The van der Waals surface area contributed by atoms with Crippen LogP contribution in [0.1, 0.15) is 46.0 Å². The van der Waals surface area contributed by atoms with Gasteiger partial charge >= 0.3 is 0 Å². The Morgan fingerprint density at radius 3 is 2.41 bits per heavy atom. The van der Waals surface area contributed by atoms with Gasteiger partial charge in [-0.1, -0.05) is 0 Å². The summed E-state index contributed by atoms with van der Waals surface area (Å²) in [7, 11) is 0. The summed E-state index contributed by atoms with van der Waals surface area (Å²) in [5.41, 5.74) is -0.441. The molecule has 1 saturated heterocycles. The van der Waals surface area contributed by atoms with Gasteiger partial charge in [-0.15, -0.1) is 0 Å². The van der Waals surface area contributed by atoms with E-state index in [1.165, 1.54) is 0 Å². The van der Waals surface area contributed by atoms with E-state index < -0.39 is 12.3 Å². The maximum Gasteiger partial charge on any atom is 0.233 e. The molecule has 0 unspecified atom stereocenters. The Bertz CT molecular complexity index is 638. The van der Waals surface area contributed by atoms with Gasteiger partial charge in [0.05, 0.1) is 30.3 Å². The Morgan fingerprint density at radius 1 is 1.15 bits per heavy atom. The third-order valence-corrected chi connectivity index (χ3v) is 5.76. The number of alkyl halides is 1. The third-order valence-electron chi connectivity index (χ3n) is 5.76. The van der Waals surface area contributed by atoms with Crippen molar-refractivity contribution in [3.05, 3.63) is 24.3 Å². The maximum atomic E-state index is 13.1. The normalized spacial score (nSPS) is 28.3. The molecule has 1 heterocycles. The summed E-state index contributed by atoms with van der Waals surface area (Å²) < 4.78 is 23.1. The molecule has 1 aromatic carbocycles. The number of aliphatic hydroxyl groups is 1.